The van der Waals surface area contributed by atoms with Gasteiger partial charge in [-0.2, -0.15) is 4.98 Å². The maximum Gasteiger partial charge on any atom is 0.307 e. The monoisotopic (exact) mass is 413 g/mol. The van der Waals surface area contributed by atoms with Crippen LogP contribution in [0, 0.1) is 5.92 Å². The van der Waals surface area contributed by atoms with Crippen molar-refractivity contribution in [2.45, 2.75) is 96.5 Å². The van der Waals surface area contributed by atoms with Gasteiger partial charge in [-0.1, -0.05) is 56.2 Å². The summed E-state index contributed by atoms with van der Waals surface area (Å²) in [7, 11) is 0. The Hall–Kier alpha value is -2.24. The Morgan fingerprint density at radius 1 is 1.23 bits per heavy atom. The van der Waals surface area contributed by atoms with Crippen molar-refractivity contribution in [3.63, 3.8) is 0 Å². The van der Waals surface area contributed by atoms with Crippen molar-refractivity contribution < 1.29 is 14.1 Å². The fourth-order valence-electron chi connectivity index (χ4n) is 4.20. The van der Waals surface area contributed by atoms with E-state index in [1.807, 2.05) is 39.0 Å². The topological polar surface area (TPSA) is 78.1 Å². The van der Waals surface area contributed by atoms with E-state index >= 15 is 0 Å². The zero-order valence-electron chi connectivity index (χ0n) is 18.6. The van der Waals surface area contributed by atoms with Gasteiger partial charge in [-0.3, -0.25) is 9.78 Å². The van der Waals surface area contributed by atoms with Crippen molar-refractivity contribution in [3.8, 4) is 0 Å². The molecule has 0 bridgehead atoms. The molecule has 1 atom stereocenters. The summed E-state index contributed by atoms with van der Waals surface area (Å²) in [6.07, 6.45) is 12.4. The minimum Gasteiger partial charge on any atom is -0.460 e. The number of nitrogens with zero attached hydrogens (tertiary/aromatic N) is 3. The SMILES string of the molecule is CC(C)(C)OC(=O)CC(CCCC1CCCCC1)c1nc(Cc2ccccn2)no1. The number of hydrogen-bond donors (Lipinski definition) is 0. The van der Waals surface area contributed by atoms with Crippen LogP contribution in [0.5, 0.6) is 0 Å². The van der Waals surface area contributed by atoms with Gasteiger partial charge in [0.15, 0.2) is 5.82 Å². The highest BCUT2D eigenvalue weighted by Crippen LogP contribution is 2.31. The molecule has 0 saturated heterocycles. The summed E-state index contributed by atoms with van der Waals surface area (Å²) in [5.74, 6) is 1.65. The highest BCUT2D eigenvalue weighted by molar-refractivity contribution is 5.70. The third-order valence-electron chi connectivity index (χ3n) is 5.62. The zero-order chi connectivity index (χ0) is 21.4. The van der Waals surface area contributed by atoms with E-state index in [4.69, 9.17) is 9.26 Å². The van der Waals surface area contributed by atoms with E-state index in [0.717, 1.165) is 24.5 Å². The first kappa shape index (κ1) is 22.4. The van der Waals surface area contributed by atoms with E-state index in [0.29, 0.717) is 18.1 Å². The van der Waals surface area contributed by atoms with Gasteiger partial charge in [0.25, 0.3) is 0 Å². The maximum atomic E-state index is 12.5. The zero-order valence-corrected chi connectivity index (χ0v) is 18.6. The molecule has 6 heteroatoms. The van der Waals surface area contributed by atoms with Crippen LogP contribution in [0.3, 0.4) is 0 Å². The van der Waals surface area contributed by atoms with Gasteiger partial charge < -0.3 is 9.26 Å². The van der Waals surface area contributed by atoms with Crippen LogP contribution >= 0.6 is 0 Å². The molecule has 30 heavy (non-hydrogen) atoms. The molecule has 164 valence electrons. The van der Waals surface area contributed by atoms with Crippen LogP contribution in [0.15, 0.2) is 28.9 Å². The molecule has 0 N–H and O–H groups in total. The number of aromatic nitrogens is 3. The Bertz CT molecular complexity index is 776. The molecule has 2 heterocycles. The van der Waals surface area contributed by atoms with Gasteiger partial charge in [0.2, 0.25) is 5.89 Å². The fraction of sp³-hybridized carbons (Fsp3) is 0.667. The quantitative estimate of drug-likeness (QED) is 0.496. The molecule has 3 rings (SSSR count). The number of esters is 1. The lowest BCUT2D eigenvalue weighted by atomic mass is 9.84. The van der Waals surface area contributed by atoms with Crippen LogP contribution < -0.4 is 0 Å². The summed E-state index contributed by atoms with van der Waals surface area (Å²) < 4.78 is 11.1. The van der Waals surface area contributed by atoms with Crippen molar-refractivity contribution in [1.29, 1.82) is 0 Å². The van der Waals surface area contributed by atoms with E-state index in [1.54, 1.807) is 6.20 Å². The van der Waals surface area contributed by atoms with Crippen molar-refractivity contribution in [2.24, 2.45) is 5.92 Å². The molecule has 2 aromatic heterocycles. The Morgan fingerprint density at radius 2 is 2.03 bits per heavy atom. The lowest BCUT2D eigenvalue weighted by molar-refractivity contribution is -0.155. The first-order chi connectivity index (χ1) is 14.4. The first-order valence-corrected chi connectivity index (χ1v) is 11.3. The molecule has 1 unspecified atom stereocenters. The molecule has 1 aliphatic carbocycles. The van der Waals surface area contributed by atoms with E-state index in [-0.39, 0.29) is 18.3 Å². The second-order valence-electron chi connectivity index (χ2n) is 9.47. The third-order valence-corrected chi connectivity index (χ3v) is 5.62. The largest absolute Gasteiger partial charge is 0.460 e. The number of ether oxygens (including phenoxy) is 1. The van der Waals surface area contributed by atoms with Gasteiger partial charge in [-0.05, 0) is 45.2 Å². The van der Waals surface area contributed by atoms with Crippen molar-refractivity contribution >= 4 is 5.97 Å². The van der Waals surface area contributed by atoms with Crippen LogP contribution in [0.4, 0.5) is 0 Å². The number of hydrogen-bond acceptors (Lipinski definition) is 6. The molecule has 2 aromatic rings. The summed E-state index contributed by atoms with van der Waals surface area (Å²) in [5.41, 5.74) is 0.397. The maximum absolute atomic E-state index is 12.5. The molecule has 0 aliphatic heterocycles. The van der Waals surface area contributed by atoms with E-state index < -0.39 is 5.60 Å². The first-order valence-electron chi connectivity index (χ1n) is 11.3. The Morgan fingerprint density at radius 3 is 2.73 bits per heavy atom. The molecule has 0 aromatic carbocycles. The van der Waals surface area contributed by atoms with Crippen LogP contribution in [-0.2, 0) is 16.0 Å². The molecule has 0 spiro atoms. The van der Waals surface area contributed by atoms with E-state index in [9.17, 15) is 4.79 Å². The number of carbonyl (C=O) groups excluding carboxylic acids is 1. The van der Waals surface area contributed by atoms with Crippen LogP contribution in [0.25, 0.3) is 0 Å². The average Bonchev–Trinajstić information content (AvgIpc) is 3.16. The minimum absolute atomic E-state index is 0.103. The highest BCUT2D eigenvalue weighted by atomic mass is 16.6. The van der Waals surface area contributed by atoms with Gasteiger partial charge in [-0.25, -0.2) is 0 Å². The summed E-state index contributed by atoms with van der Waals surface area (Å²) in [5, 5.41) is 4.13. The highest BCUT2D eigenvalue weighted by Gasteiger charge is 2.26. The third kappa shape index (κ3) is 7.54. The molecule has 1 aliphatic rings. The summed E-state index contributed by atoms with van der Waals surface area (Å²) in [4.78, 5) is 21.4. The molecule has 1 saturated carbocycles. The molecule has 0 amide bonds. The van der Waals surface area contributed by atoms with E-state index in [2.05, 4.69) is 15.1 Å². The lowest BCUT2D eigenvalue weighted by Crippen LogP contribution is -2.25. The van der Waals surface area contributed by atoms with Crippen molar-refractivity contribution in [3.05, 3.63) is 41.8 Å². The summed E-state index contributed by atoms with van der Waals surface area (Å²) in [6.45, 7) is 5.67. The second-order valence-corrected chi connectivity index (χ2v) is 9.47. The van der Waals surface area contributed by atoms with Crippen LogP contribution in [-0.4, -0.2) is 26.7 Å². The molecular formula is C24H35N3O3. The molecular weight excluding hydrogens is 378 g/mol. The normalized spacial score (nSPS) is 16.4. The predicted octanol–water partition coefficient (Wildman–Crippen LogP) is 5.62. The van der Waals surface area contributed by atoms with Crippen molar-refractivity contribution in [1.82, 2.24) is 15.1 Å². The van der Waals surface area contributed by atoms with E-state index in [1.165, 1.54) is 38.5 Å². The van der Waals surface area contributed by atoms with Gasteiger partial charge in [0.1, 0.15) is 5.60 Å². The standard InChI is InChI=1S/C24H35N3O3/c1-24(2,3)29-22(28)16-19(13-9-12-18-10-5-4-6-11-18)23-26-21(27-30-23)17-20-14-7-8-15-25-20/h7-8,14-15,18-19H,4-6,9-13,16-17H2,1-3H3. The number of pyridine rings is 1. The number of carbonyl (C=O) groups is 1. The Labute approximate surface area is 179 Å². The van der Waals surface area contributed by atoms with Gasteiger partial charge in [0, 0.05) is 17.8 Å². The Kier molecular flexibility index (Phi) is 8.00. The smallest absolute Gasteiger partial charge is 0.307 e. The van der Waals surface area contributed by atoms with Crippen LogP contribution in [0.1, 0.15) is 102 Å². The van der Waals surface area contributed by atoms with Gasteiger partial charge in [-0.15, -0.1) is 0 Å². The fourth-order valence-corrected chi connectivity index (χ4v) is 4.20. The summed E-state index contributed by atoms with van der Waals surface area (Å²) >= 11 is 0. The lowest BCUT2D eigenvalue weighted by Gasteiger charge is -2.23. The molecule has 0 radical (unpaired) electrons. The van der Waals surface area contributed by atoms with Gasteiger partial charge >= 0.3 is 5.97 Å². The van der Waals surface area contributed by atoms with Crippen LogP contribution in [0.2, 0.25) is 0 Å². The number of rotatable bonds is 9. The summed E-state index contributed by atoms with van der Waals surface area (Å²) in [6, 6.07) is 5.77. The van der Waals surface area contributed by atoms with Crippen molar-refractivity contribution in [2.75, 3.05) is 0 Å². The second kappa shape index (κ2) is 10.7. The van der Waals surface area contributed by atoms with Gasteiger partial charge in [0.05, 0.1) is 12.8 Å². The Balaban J connectivity index is 1.62. The molecule has 1 fully saturated rings. The average molecular weight is 414 g/mol. The predicted molar refractivity (Wildman–Crippen MR) is 115 cm³/mol. The minimum atomic E-state index is -0.497. The molecule has 6 nitrogen and oxygen atoms in total.